The number of aromatic hydroxyl groups is 1. The highest BCUT2D eigenvalue weighted by molar-refractivity contribution is 5.34. The average Bonchev–Trinajstić information content (AvgIpc) is 2.29. The molecule has 2 N–H and O–H groups in total. The summed E-state index contributed by atoms with van der Waals surface area (Å²) in [5, 5.41) is 18.7. The Kier molecular flexibility index (Phi) is 3.64. The molecule has 1 saturated heterocycles. The Hall–Kier alpha value is -1.13. The van der Waals surface area contributed by atoms with Crippen LogP contribution in [0.15, 0.2) is 18.2 Å². The molecule has 1 fully saturated rings. The molecule has 1 aromatic rings. The number of hydrogen-bond donors (Lipinski definition) is 2. The van der Waals surface area contributed by atoms with Crippen LogP contribution >= 0.6 is 0 Å². The van der Waals surface area contributed by atoms with E-state index < -0.39 is 5.82 Å². The van der Waals surface area contributed by atoms with E-state index in [9.17, 15) is 14.6 Å². The number of aliphatic hydroxyl groups is 1. The Labute approximate surface area is 99.8 Å². The van der Waals surface area contributed by atoms with Crippen LogP contribution in [0.5, 0.6) is 5.75 Å². The summed E-state index contributed by atoms with van der Waals surface area (Å²) in [7, 11) is 0. The van der Waals surface area contributed by atoms with E-state index in [0.717, 1.165) is 24.5 Å². The summed E-state index contributed by atoms with van der Waals surface area (Å²) < 4.78 is 18.7. The highest BCUT2D eigenvalue weighted by atomic mass is 19.1. The van der Waals surface area contributed by atoms with E-state index >= 15 is 0 Å². The highest BCUT2D eigenvalue weighted by Crippen LogP contribution is 2.39. The predicted octanol–water partition coefficient (Wildman–Crippen LogP) is 1.96. The van der Waals surface area contributed by atoms with E-state index in [1.807, 2.05) is 0 Å². The van der Waals surface area contributed by atoms with Crippen molar-refractivity contribution in [3.8, 4) is 5.75 Å². The van der Waals surface area contributed by atoms with Gasteiger partial charge in [0, 0.05) is 31.3 Å². The molecular weight excluding hydrogens is 223 g/mol. The lowest BCUT2D eigenvalue weighted by Gasteiger charge is -2.37. The van der Waals surface area contributed by atoms with E-state index in [1.165, 1.54) is 6.07 Å². The average molecular weight is 240 g/mol. The van der Waals surface area contributed by atoms with Crippen LogP contribution in [0, 0.1) is 5.82 Å². The lowest BCUT2D eigenvalue weighted by molar-refractivity contribution is 0.0398. The second-order valence-electron chi connectivity index (χ2n) is 4.56. The van der Waals surface area contributed by atoms with Crippen molar-refractivity contribution in [2.75, 3.05) is 19.8 Å². The van der Waals surface area contributed by atoms with E-state index in [4.69, 9.17) is 4.74 Å². The molecule has 0 amide bonds. The van der Waals surface area contributed by atoms with Crippen LogP contribution in [0.4, 0.5) is 4.39 Å². The maximum Gasteiger partial charge on any atom is 0.127 e. The zero-order valence-electron chi connectivity index (χ0n) is 9.66. The van der Waals surface area contributed by atoms with Gasteiger partial charge in [0.05, 0.1) is 0 Å². The quantitative estimate of drug-likeness (QED) is 0.849. The van der Waals surface area contributed by atoms with Crippen molar-refractivity contribution in [1.82, 2.24) is 0 Å². The number of halogens is 1. The van der Waals surface area contributed by atoms with Crippen molar-refractivity contribution in [2.45, 2.75) is 24.7 Å². The van der Waals surface area contributed by atoms with Gasteiger partial charge in [-0.1, -0.05) is 0 Å². The molecule has 0 aromatic heterocycles. The maximum atomic E-state index is 13.3. The standard InChI is InChI=1S/C13H17FO3/c14-11-7-10(8-12(16)9-11)13(1-4-15)2-5-17-6-3-13/h7-9,15-16H,1-6H2. The van der Waals surface area contributed by atoms with E-state index in [0.29, 0.717) is 19.6 Å². The fourth-order valence-corrected chi connectivity index (χ4v) is 2.54. The first-order chi connectivity index (χ1) is 8.16. The Morgan fingerprint density at radius 3 is 2.53 bits per heavy atom. The molecule has 1 heterocycles. The highest BCUT2D eigenvalue weighted by Gasteiger charge is 2.34. The normalized spacial score (nSPS) is 19.2. The molecule has 17 heavy (non-hydrogen) atoms. The first kappa shape index (κ1) is 12.3. The van der Waals surface area contributed by atoms with Crippen LogP contribution in [-0.2, 0) is 10.2 Å². The molecule has 2 rings (SSSR count). The van der Waals surface area contributed by atoms with Crippen LogP contribution in [0.3, 0.4) is 0 Å². The van der Waals surface area contributed by atoms with Gasteiger partial charge in [0.15, 0.2) is 0 Å². The minimum absolute atomic E-state index is 0.0529. The van der Waals surface area contributed by atoms with Crippen LogP contribution in [-0.4, -0.2) is 30.0 Å². The molecule has 0 spiro atoms. The first-order valence-corrected chi connectivity index (χ1v) is 5.85. The van der Waals surface area contributed by atoms with Gasteiger partial charge in [0.1, 0.15) is 11.6 Å². The number of aliphatic hydroxyl groups excluding tert-OH is 1. The zero-order valence-corrected chi connectivity index (χ0v) is 9.66. The summed E-state index contributed by atoms with van der Waals surface area (Å²) in [6.45, 7) is 1.27. The molecule has 3 nitrogen and oxygen atoms in total. The third kappa shape index (κ3) is 2.58. The number of phenols is 1. The first-order valence-electron chi connectivity index (χ1n) is 5.85. The predicted molar refractivity (Wildman–Crippen MR) is 61.5 cm³/mol. The summed E-state index contributed by atoms with van der Waals surface area (Å²) in [4.78, 5) is 0. The largest absolute Gasteiger partial charge is 0.508 e. The molecule has 1 aliphatic rings. The van der Waals surface area contributed by atoms with Crippen molar-refractivity contribution < 1.29 is 19.3 Å². The minimum Gasteiger partial charge on any atom is -0.508 e. The van der Waals surface area contributed by atoms with Gasteiger partial charge in [-0.25, -0.2) is 4.39 Å². The molecule has 0 bridgehead atoms. The molecular formula is C13H17FO3. The summed E-state index contributed by atoms with van der Waals surface area (Å²) in [5.41, 5.74) is 0.486. The van der Waals surface area contributed by atoms with Crippen molar-refractivity contribution in [1.29, 1.82) is 0 Å². The lowest BCUT2D eigenvalue weighted by Crippen LogP contribution is -2.34. The number of phenolic OH excluding ortho intramolecular Hbond substituents is 1. The number of benzene rings is 1. The fraction of sp³-hybridized carbons (Fsp3) is 0.538. The zero-order chi connectivity index (χ0) is 12.3. The SMILES string of the molecule is OCCC1(c2cc(O)cc(F)c2)CCOCC1. The number of hydrogen-bond acceptors (Lipinski definition) is 3. The van der Waals surface area contributed by atoms with Gasteiger partial charge in [-0.3, -0.25) is 0 Å². The summed E-state index contributed by atoms with van der Waals surface area (Å²) in [6.07, 6.45) is 2.06. The van der Waals surface area contributed by atoms with Crippen molar-refractivity contribution >= 4 is 0 Å². The topological polar surface area (TPSA) is 49.7 Å². The smallest absolute Gasteiger partial charge is 0.127 e. The monoisotopic (exact) mass is 240 g/mol. The molecule has 0 atom stereocenters. The van der Waals surface area contributed by atoms with E-state index in [1.54, 1.807) is 6.07 Å². The van der Waals surface area contributed by atoms with Gasteiger partial charge in [0.25, 0.3) is 0 Å². The lowest BCUT2D eigenvalue weighted by atomic mass is 9.72. The van der Waals surface area contributed by atoms with Crippen LogP contribution in [0.2, 0.25) is 0 Å². The summed E-state index contributed by atoms with van der Waals surface area (Å²) in [5.74, 6) is -0.507. The molecule has 0 radical (unpaired) electrons. The van der Waals surface area contributed by atoms with Gasteiger partial charge in [-0.15, -0.1) is 0 Å². The van der Waals surface area contributed by atoms with Gasteiger partial charge in [-0.2, -0.15) is 0 Å². The molecule has 0 aliphatic carbocycles. The second-order valence-corrected chi connectivity index (χ2v) is 4.56. The van der Waals surface area contributed by atoms with Gasteiger partial charge in [-0.05, 0) is 37.0 Å². The molecule has 0 saturated carbocycles. The van der Waals surface area contributed by atoms with Crippen LogP contribution in [0.25, 0.3) is 0 Å². The van der Waals surface area contributed by atoms with Crippen LogP contribution < -0.4 is 0 Å². The van der Waals surface area contributed by atoms with Gasteiger partial charge >= 0.3 is 0 Å². The number of rotatable bonds is 3. The molecule has 94 valence electrons. The Balaban J connectivity index is 2.37. The van der Waals surface area contributed by atoms with Crippen molar-refractivity contribution in [3.05, 3.63) is 29.6 Å². The summed E-state index contributed by atoms with van der Waals surface area (Å²) >= 11 is 0. The van der Waals surface area contributed by atoms with Gasteiger partial charge in [0.2, 0.25) is 0 Å². The van der Waals surface area contributed by atoms with Crippen molar-refractivity contribution in [2.24, 2.45) is 0 Å². The number of ether oxygens (including phenoxy) is 1. The molecule has 4 heteroatoms. The second kappa shape index (κ2) is 5.02. The Morgan fingerprint density at radius 1 is 1.24 bits per heavy atom. The Bertz CT molecular complexity index is 360. The molecule has 1 aromatic carbocycles. The van der Waals surface area contributed by atoms with E-state index in [2.05, 4.69) is 0 Å². The third-order valence-electron chi connectivity index (χ3n) is 3.54. The van der Waals surface area contributed by atoms with E-state index in [-0.39, 0.29) is 17.8 Å². The van der Waals surface area contributed by atoms with Crippen molar-refractivity contribution in [3.63, 3.8) is 0 Å². The molecule has 0 unspecified atom stereocenters. The van der Waals surface area contributed by atoms with Crippen LogP contribution in [0.1, 0.15) is 24.8 Å². The fourth-order valence-electron chi connectivity index (χ4n) is 2.54. The van der Waals surface area contributed by atoms with Gasteiger partial charge < -0.3 is 14.9 Å². The minimum atomic E-state index is -0.441. The Morgan fingerprint density at radius 2 is 1.94 bits per heavy atom. The summed E-state index contributed by atoms with van der Waals surface area (Å²) in [6, 6.07) is 4.13. The maximum absolute atomic E-state index is 13.3. The molecule has 1 aliphatic heterocycles. The third-order valence-corrected chi connectivity index (χ3v) is 3.54.